The summed E-state index contributed by atoms with van der Waals surface area (Å²) in [5, 5.41) is 2.13. The average molecular weight is 478 g/mol. The van der Waals surface area contributed by atoms with Gasteiger partial charge < -0.3 is 0 Å². The molecule has 0 amide bonds. The average Bonchev–Trinajstić information content (AvgIpc) is 3.32. The van der Waals surface area contributed by atoms with E-state index in [1.807, 2.05) is 72.9 Å². The van der Waals surface area contributed by atoms with Crippen LogP contribution in [-0.2, 0) is 0 Å². The van der Waals surface area contributed by atoms with E-state index < -0.39 is 0 Å². The van der Waals surface area contributed by atoms with Gasteiger partial charge in [-0.15, -0.1) is 0 Å². The molecular formula is C30H19N7. The lowest BCUT2D eigenvalue weighted by Crippen LogP contribution is -2.01. The molecule has 0 radical (unpaired) electrons. The Balaban J connectivity index is 1.46. The third kappa shape index (κ3) is 3.70. The Morgan fingerprint density at radius 1 is 0.486 bits per heavy atom. The first-order valence-electron chi connectivity index (χ1n) is 11.9. The van der Waals surface area contributed by atoms with Crippen molar-refractivity contribution in [2.24, 2.45) is 0 Å². The molecule has 2 aromatic carbocycles. The molecule has 0 atom stereocenters. The van der Waals surface area contributed by atoms with Gasteiger partial charge in [-0.05, 0) is 66.7 Å². The lowest BCUT2D eigenvalue weighted by atomic mass is 10.1. The van der Waals surface area contributed by atoms with Gasteiger partial charge in [0.15, 0.2) is 17.5 Å². The Morgan fingerprint density at radius 3 is 1.81 bits per heavy atom. The Kier molecular flexibility index (Phi) is 4.96. The summed E-state index contributed by atoms with van der Waals surface area (Å²) >= 11 is 0. The van der Waals surface area contributed by atoms with Crippen LogP contribution in [0.1, 0.15) is 0 Å². The van der Waals surface area contributed by atoms with Gasteiger partial charge in [0.2, 0.25) is 0 Å². The second-order valence-electron chi connectivity index (χ2n) is 8.51. The number of rotatable bonds is 4. The molecule has 7 heteroatoms. The van der Waals surface area contributed by atoms with E-state index in [0.29, 0.717) is 28.9 Å². The molecule has 0 fully saturated rings. The first-order chi connectivity index (χ1) is 18.3. The molecule has 5 heterocycles. The monoisotopic (exact) mass is 477 g/mol. The predicted molar refractivity (Wildman–Crippen MR) is 144 cm³/mol. The zero-order valence-corrected chi connectivity index (χ0v) is 19.6. The minimum Gasteiger partial charge on any atom is -0.294 e. The van der Waals surface area contributed by atoms with Crippen LogP contribution in [0, 0.1) is 0 Å². The SMILES string of the molecule is c1ccc(-n2c3ccc(-c4nc(-c5ccccn5)nc(-c5ccccn5)n4)cc3c3cccnc32)cc1. The molecule has 0 aliphatic rings. The molecule has 7 aromatic rings. The molecule has 0 bridgehead atoms. The standard InChI is InChI=1S/C30H19N7/c1-2-9-21(10-3-1)37-26-15-14-20(19-23(26)22-11-8-18-33-30(22)37)27-34-28(24-12-4-6-16-31-24)36-29(35-27)25-13-5-7-17-32-25/h1-19H. The number of fused-ring (bicyclic) bond motifs is 3. The van der Waals surface area contributed by atoms with Gasteiger partial charge in [0.05, 0.1) is 5.52 Å². The van der Waals surface area contributed by atoms with Crippen molar-refractivity contribution in [3.63, 3.8) is 0 Å². The summed E-state index contributed by atoms with van der Waals surface area (Å²) in [6.45, 7) is 0. The molecular weight excluding hydrogens is 458 g/mol. The third-order valence-electron chi connectivity index (χ3n) is 6.22. The Labute approximate surface area is 212 Å². The molecule has 37 heavy (non-hydrogen) atoms. The fraction of sp³-hybridized carbons (Fsp3) is 0. The zero-order chi connectivity index (χ0) is 24.6. The van der Waals surface area contributed by atoms with Gasteiger partial charge in [-0.1, -0.05) is 30.3 Å². The van der Waals surface area contributed by atoms with Crippen LogP contribution < -0.4 is 0 Å². The van der Waals surface area contributed by atoms with E-state index in [2.05, 4.69) is 44.9 Å². The first-order valence-corrected chi connectivity index (χ1v) is 11.9. The molecule has 174 valence electrons. The highest BCUT2D eigenvalue weighted by Gasteiger charge is 2.17. The maximum absolute atomic E-state index is 4.82. The van der Waals surface area contributed by atoms with Crippen LogP contribution in [0.15, 0.2) is 116 Å². The quantitative estimate of drug-likeness (QED) is 0.302. The summed E-state index contributed by atoms with van der Waals surface area (Å²) < 4.78 is 2.18. The van der Waals surface area contributed by atoms with E-state index in [1.54, 1.807) is 12.4 Å². The topological polar surface area (TPSA) is 82.3 Å². The minimum absolute atomic E-state index is 0.500. The van der Waals surface area contributed by atoms with Crippen LogP contribution in [-0.4, -0.2) is 34.5 Å². The van der Waals surface area contributed by atoms with Crippen molar-refractivity contribution in [3.05, 3.63) is 116 Å². The number of benzene rings is 2. The first kappa shape index (κ1) is 21.0. The zero-order valence-electron chi connectivity index (χ0n) is 19.6. The van der Waals surface area contributed by atoms with Crippen LogP contribution in [0.3, 0.4) is 0 Å². The van der Waals surface area contributed by atoms with E-state index in [1.165, 1.54) is 0 Å². The Hall–Kier alpha value is -5.30. The maximum atomic E-state index is 4.82. The molecule has 0 unspecified atom stereocenters. The number of hydrogen-bond acceptors (Lipinski definition) is 6. The summed E-state index contributed by atoms with van der Waals surface area (Å²) in [5.41, 5.74) is 5.25. The van der Waals surface area contributed by atoms with Gasteiger partial charge in [-0.25, -0.2) is 19.9 Å². The number of aromatic nitrogens is 7. The van der Waals surface area contributed by atoms with Gasteiger partial charge in [0.1, 0.15) is 17.0 Å². The molecule has 7 rings (SSSR count). The minimum atomic E-state index is 0.500. The van der Waals surface area contributed by atoms with Crippen LogP contribution in [0.5, 0.6) is 0 Å². The van der Waals surface area contributed by atoms with E-state index in [-0.39, 0.29) is 0 Å². The third-order valence-corrected chi connectivity index (χ3v) is 6.22. The van der Waals surface area contributed by atoms with Crippen LogP contribution >= 0.6 is 0 Å². The van der Waals surface area contributed by atoms with E-state index >= 15 is 0 Å². The van der Waals surface area contributed by atoms with E-state index in [9.17, 15) is 0 Å². The molecule has 0 N–H and O–H groups in total. The Morgan fingerprint density at radius 2 is 1.14 bits per heavy atom. The Bertz CT molecular complexity index is 1810. The second-order valence-corrected chi connectivity index (χ2v) is 8.51. The highest BCUT2D eigenvalue weighted by Crippen LogP contribution is 2.33. The van der Waals surface area contributed by atoms with Crippen molar-refractivity contribution < 1.29 is 0 Å². The van der Waals surface area contributed by atoms with Crippen molar-refractivity contribution in [2.75, 3.05) is 0 Å². The lowest BCUT2D eigenvalue weighted by Gasteiger charge is -2.09. The molecule has 0 aliphatic carbocycles. The van der Waals surface area contributed by atoms with Crippen LogP contribution in [0.4, 0.5) is 0 Å². The molecule has 0 saturated carbocycles. The number of hydrogen-bond donors (Lipinski definition) is 0. The number of pyridine rings is 3. The predicted octanol–water partition coefficient (Wildman–Crippen LogP) is 6.15. The van der Waals surface area contributed by atoms with Crippen molar-refractivity contribution in [1.29, 1.82) is 0 Å². The molecule has 0 aliphatic heterocycles. The van der Waals surface area contributed by atoms with Crippen LogP contribution in [0.25, 0.3) is 62.0 Å². The van der Waals surface area contributed by atoms with Crippen molar-refractivity contribution >= 4 is 21.9 Å². The van der Waals surface area contributed by atoms with Gasteiger partial charge in [0, 0.05) is 40.6 Å². The molecule has 0 spiro atoms. The van der Waals surface area contributed by atoms with Gasteiger partial charge >= 0.3 is 0 Å². The summed E-state index contributed by atoms with van der Waals surface area (Å²) in [5.74, 6) is 1.56. The van der Waals surface area contributed by atoms with Crippen molar-refractivity contribution in [2.45, 2.75) is 0 Å². The van der Waals surface area contributed by atoms with Gasteiger partial charge in [-0.3, -0.25) is 14.5 Å². The molecule has 7 nitrogen and oxygen atoms in total. The highest BCUT2D eigenvalue weighted by atomic mass is 15.1. The molecule has 5 aromatic heterocycles. The summed E-state index contributed by atoms with van der Waals surface area (Å²) in [6, 6.07) is 32.0. The maximum Gasteiger partial charge on any atom is 0.182 e. The van der Waals surface area contributed by atoms with Crippen LogP contribution in [0.2, 0.25) is 0 Å². The fourth-order valence-corrected chi connectivity index (χ4v) is 4.55. The van der Waals surface area contributed by atoms with Crippen molar-refractivity contribution in [3.8, 4) is 40.1 Å². The highest BCUT2D eigenvalue weighted by molar-refractivity contribution is 6.09. The van der Waals surface area contributed by atoms with Gasteiger partial charge in [-0.2, -0.15) is 0 Å². The lowest BCUT2D eigenvalue weighted by molar-refractivity contribution is 1.05. The largest absolute Gasteiger partial charge is 0.294 e. The van der Waals surface area contributed by atoms with E-state index in [4.69, 9.17) is 19.9 Å². The van der Waals surface area contributed by atoms with Crippen molar-refractivity contribution in [1.82, 2.24) is 34.5 Å². The number of para-hydroxylation sites is 1. The fourth-order valence-electron chi connectivity index (χ4n) is 4.55. The molecule has 0 saturated heterocycles. The normalized spacial score (nSPS) is 11.2. The summed E-state index contributed by atoms with van der Waals surface area (Å²) in [6.07, 6.45) is 5.29. The van der Waals surface area contributed by atoms with Gasteiger partial charge in [0.25, 0.3) is 0 Å². The second kappa shape index (κ2) is 8.73. The smallest absolute Gasteiger partial charge is 0.182 e. The summed E-state index contributed by atoms with van der Waals surface area (Å²) in [7, 11) is 0. The summed E-state index contributed by atoms with van der Waals surface area (Å²) in [4.78, 5) is 28.0. The van der Waals surface area contributed by atoms with E-state index in [0.717, 1.165) is 33.2 Å². The number of nitrogens with zero attached hydrogens (tertiary/aromatic N) is 7.